The molecular weight excluding hydrogens is 494 g/mol. The van der Waals surface area contributed by atoms with Crippen LogP contribution in [0.5, 0.6) is 5.75 Å². The lowest BCUT2D eigenvalue weighted by Crippen LogP contribution is -2.62. The number of ether oxygens (including phenoxy) is 2. The van der Waals surface area contributed by atoms with Crippen LogP contribution in [0.3, 0.4) is 0 Å². The molecule has 2 aromatic rings. The van der Waals surface area contributed by atoms with Crippen molar-refractivity contribution in [1.29, 1.82) is 0 Å². The Morgan fingerprint density at radius 3 is 2.66 bits per heavy atom. The lowest BCUT2D eigenvalue weighted by Gasteiger charge is -2.64. The average molecular weight is 540 g/mol. The molecule has 5 saturated carbocycles. The quantitative estimate of drug-likeness (QED) is 0.470. The molecule has 0 radical (unpaired) electrons. The van der Waals surface area contributed by atoms with Crippen molar-refractivity contribution in [2.24, 2.45) is 46.3 Å². The number of aliphatic hydroxyl groups excluding tert-OH is 2. The first kappa shape index (κ1) is 25.7. The maximum Gasteiger partial charge on any atom is 0.138 e. The van der Waals surface area contributed by atoms with Gasteiger partial charge in [0, 0.05) is 12.5 Å². The molecule has 1 unspecified atom stereocenters. The SMILES string of the molecule is COc1cccc2nc(CCC3CC[C@]45[C@@H](OC)C[C@H]6[C@@H]([C@H](O)C[C@@H]7C[C@H](O)CC[C@@]76C)[C@@H]4CC[C@H]35)sc12. The standard InChI is InChI=1S/C32H45NO4S/c1-31-13-12-20(34)15-19(31)16-25(35)29-22-9-8-21-18(11-14-32(21,22)27(37-3)17-23(29)31)7-10-28-33-24-5-4-6-26(36-2)30(24)38-28/h4-6,18-23,25,27,29,34-35H,7-17H2,1-3H3/t18?,19-,20+,21+,22-,23-,25+,27-,29-,31-,32+/m0/s1. The first-order chi connectivity index (χ1) is 18.4. The number of fused-ring (bicyclic) bond motifs is 5. The summed E-state index contributed by atoms with van der Waals surface area (Å²) in [6, 6.07) is 6.16. The van der Waals surface area contributed by atoms with Gasteiger partial charge in [-0.2, -0.15) is 0 Å². The number of aryl methyl sites for hydroxylation is 1. The summed E-state index contributed by atoms with van der Waals surface area (Å²) in [5.74, 6) is 4.28. The summed E-state index contributed by atoms with van der Waals surface area (Å²) in [7, 11) is 3.70. The van der Waals surface area contributed by atoms with Crippen molar-refractivity contribution < 1.29 is 19.7 Å². The van der Waals surface area contributed by atoms with Crippen LogP contribution in [0.25, 0.3) is 10.2 Å². The highest BCUT2D eigenvalue weighted by Gasteiger charge is 2.69. The zero-order chi connectivity index (χ0) is 26.2. The molecule has 0 aliphatic heterocycles. The van der Waals surface area contributed by atoms with E-state index in [1.165, 1.54) is 41.8 Å². The summed E-state index contributed by atoms with van der Waals surface area (Å²) < 4.78 is 13.2. The summed E-state index contributed by atoms with van der Waals surface area (Å²) in [6.07, 6.45) is 12.1. The van der Waals surface area contributed by atoms with Gasteiger partial charge in [-0.05, 0) is 124 Å². The van der Waals surface area contributed by atoms with E-state index in [4.69, 9.17) is 14.5 Å². The van der Waals surface area contributed by atoms with Gasteiger partial charge in [0.05, 0.1) is 40.6 Å². The normalized spacial score (nSPS) is 45.9. The van der Waals surface area contributed by atoms with Gasteiger partial charge in [0.15, 0.2) is 0 Å². The third-order valence-electron chi connectivity index (χ3n) is 12.7. The van der Waals surface area contributed by atoms with Gasteiger partial charge in [-0.1, -0.05) is 13.0 Å². The van der Waals surface area contributed by atoms with E-state index < -0.39 is 0 Å². The third kappa shape index (κ3) is 3.62. The fourth-order valence-corrected chi connectivity index (χ4v) is 12.2. The van der Waals surface area contributed by atoms with Gasteiger partial charge in [0.2, 0.25) is 0 Å². The van der Waals surface area contributed by atoms with Crippen molar-refractivity contribution in [3.63, 3.8) is 0 Å². The molecule has 1 aromatic heterocycles. The molecule has 2 N–H and O–H groups in total. The number of hydrogen-bond donors (Lipinski definition) is 2. The second kappa shape index (κ2) is 9.43. The summed E-state index contributed by atoms with van der Waals surface area (Å²) in [5, 5.41) is 23.3. The van der Waals surface area contributed by atoms with E-state index in [9.17, 15) is 10.2 Å². The molecule has 208 valence electrons. The maximum absolute atomic E-state index is 11.7. The monoisotopic (exact) mass is 539 g/mol. The Kier molecular flexibility index (Phi) is 6.38. The molecule has 1 aromatic carbocycles. The minimum Gasteiger partial charge on any atom is -0.495 e. The van der Waals surface area contributed by atoms with E-state index in [1.54, 1.807) is 18.4 Å². The third-order valence-corrected chi connectivity index (χ3v) is 13.8. The largest absolute Gasteiger partial charge is 0.495 e. The van der Waals surface area contributed by atoms with Crippen molar-refractivity contribution in [2.45, 2.75) is 95.9 Å². The molecule has 38 heavy (non-hydrogen) atoms. The molecule has 5 aliphatic carbocycles. The predicted octanol–water partition coefficient (Wildman–Crippen LogP) is 6.24. The molecule has 5 aliphatic rings. The highest BCUT2D eigenvalue weighted by molar-refractivity contribution is 7.19. The number of rotatable bonds is 5. The van der Waals surface area contributed by atoms with E-state index in [0.717, 1.165) is 55.7 Å². The zero-order valence-corrected chi connectivity index (χ0v) is 24.1. The molecule has 11 atom stereocenters. The molecule has 1 heterocycles. The van der Waals surface area contributed by atoms with Crippen LogP contribution in [0.2, 0.25) is 0 Å². The first-order valence-corrected chi connectivity index (χ1v) is 16.0. The van der Waals surface area contributed by atoms with Crippen molar-refractivity contribution >= 4 is 21.6 Å². The molecule has 5 nitrogen and oxygen atoms in total. The number of aromatic nitrogens is 1. The van der Waals surface area contributed by atoms with E-state index in [1.807, 2.05) is 19.2 Å². The Morgan fingerprint density at radius 2 is 1.84 bits per heavy atom. The lowest BCUT2D eigenvalue weighted by atomic mass is 9.43. The van der Waals surface area contributed by atoms with Crippen molar-refractivity contribution in [3.05, 3.63) is 23.2 Å². The number of methoxy groups -OCH3 is 2. The molecule has 0 saturated heterocycles. The van der Waals surface area contributed by atoms with Crippen molar-refractivity contribution in [2.75, 3.05) is 14.2 Å². The predicted molar refractivity (Wildman–Crippen MR) is 150 cm³/mol. The topological polar surface area (TPSA) is 71.8 Å². The van der Waals surface area contributed by atoms with E-state index in [0.29, 0.717) is 35.7 Å². The Labute approximate surface area is 231 Å². The molecule has 0 amide bonds. The van der Waals surface area contributed by atoms with Crippen LogP contribution in [0, 0.1) is 46.3 Å². The Bertz CT molecular complexity index is 1180. The molecule has 6 heteroatoms. The Morgan fingerprint density at radius 1 is 1.00 bits per heavy atom. The molecule has 7 rings (SSSR count). The fourth-order valence-electron chi connectivity index (χ4n) is 11.1. The lowest BCUT2D eigenvalue weighted by molar-refractivity contribution is -0.211. The van der Waals surface area contributed by atoms with Crippen LogP contribution >= 0.6 is 11.3 Å². The Hall–Kier alpha value is -1.21. The van der Waals surface area contributed by atoms with Gasteiger partial charge < -0.3 is 19.7 Å². The smallest absolute Gasteiger partial charge is 0.138 e. The minimum atomic E-state index is -0.224. The highest BCUT2D eigenvalue weighted by Crippen LogP contribution is 2.72. The van der Waals surface area contributed by atoms with Crippen molar-refractivity contribution in [3.8, 4) is 5.75 Å². The summed E-state index contributed by atoms with van der Waals surface area (Å²) in [4.78, 5) is 4.96. The number of thiazole rings is 1. The summed E-state index contributed by atoms with van der Waals surface area (Å²) in [6.45, 7) is 2.49. The van der Waals surface area contributed by atoms with Gasteiger partial charge in [-0.3, -0.25) is 0 Å². The van der Waals surface area contributed by atoms with Crippen LogP contribution in [0.15, 0.2) is 18.2 Å². The second-order valence-electron chi connectivity index (χ2n) is 13.7. The second-order valence-corrected chi connectivity index (χ2v) is 14.8. The van der Waals surface area contributed by atoms with Crippen LogP contribution in [0.4, 0.5) is 0 Å². The van der Waals surface area contributed by atoms with Gasteiger partial charge in [0.1, 0.15) is 5.75 Å². The number of nitrogens with zero attached hydrogens (tertiary/aromatic N) is 1. The first-order valence-electron chi connectivity index (χ1n) is 15.2. The zero-order valence-electron chi connectivity index (χ0n) is 23.3. The van der Waals surface area contributed by atoms with E-state index in [2.05, 4.69) is 13.0 Å². The van der Waals surface area contributed by atoms with Gasteiger partial charge >= 0.3 is 0 Å². The van der Waals surface area contributed by atoms with Gasteiger partial charge in [-0.15, -0.1) is 11.3 Å². The minimum absolute atomic E-state index is 0.187. The van der Waals surface area contributed by atoms with E-state index >= 15 is 0 Å². The average Bonchev–Trinajstić information content (AvgIpc) is 3.60. The van der Waals surface area contributed by atoms with Gasteiger partial charge in [0.25, 0.3) is 0 Å². The van der Waals surface area contributed by atoms with Crippen LogP contribution in [0.1, 0.15) is 76.1 Å². The number of hydrogen-bond acceptors (Lipinski definition) is 6. The number of aliphatic hydroxyl groups is 2. The fraction of sp³-hybridized carbons (Fsp3) is 0.781. The molecule has 1 spiro atoms. The van der Waals surface area contributed by atoms with Gasteiger partial charge in [-0.25, -0.2) is 4.98 Å². The summed E-state index contributed by atoms with van der Waals surface area (Å²) in [5.41, 5.74) is 1.51. The van der Waals surface area contributed by atoms with E-state index in [-0.39, 0.29) is 23.0 Å². The highest BCUT2D eigenvalue weighted by atomic mass is 32.1. The molecule has 0 bridgehead atoms. The maximum atomic E-state index is 11.7. The van der Waals surface area contributed by atoms with Crippen LogP contribution in [-0.2, 0) is 11.2 Å². The summed E-state index contributed by atoms with van der Waals surface area (Å²) >= 11 is 1.80. The number of benzene rings is 1. The molecular formula is C32H45NO4S. The van der Waals surface area contributed by atoms with Crippen molar-refractivity contribution in [1.82, 2.24) is 4.98 Å². The van der Waals surface area contributed by atoms with Crippen LogP contribution in [-0.4, -0.2) is 47.7 Å². The van der Waals surface area contributed by atoms with Crippen LogP contribution < -0.4 is 4.74 Å². The molecule has 5 fully saturated rings. The Balaban J connectivity index is 1.13.